The molecule has 2 N–H and O–H groups in total. The van der Waals surface area contributed by atoms with E-state index in [0.29, 0.717) is 6.61 Å². The lowest BCUT2D eigenvalue weighted by Crippen LogP contribution is -2.58. The Morgan fingerprint density at radius 2 is 1.92 bits per heavy atom. The topological polar surface area (TPSA) is 67.8 Å². The number of hydrogen-bond acceptors (Lipinski definition) is 4. The van der Waals surface area contributed by atoms with Crippen molar-refractivity contribution >= 4 is 5.97 Å². The van der Waals surface area contributed by atoms with E-state index in [1.807, 2.05) is 0 Å². The second-order valence-electron chi connectivity index (χ2n) is 6.95. The average Bonchev–Trinajstić information content (AvgIpc) is 2.60. The van der Waals surface area contributed by atoms with Crippen LogP contribution >= 0.6 is 0 Å². The first-order valence-corrected chi connectivity index (χ1v) is 9.22. The van der Waals surface area contributed by atoms with Crippen LogP contribution in [0.25, 0.3) is 0 Å². The van der Waals surface area contributed by atoms with Crippen LogP contribution in [0.5, 0.6) is 0 Å². The molecule has 0 unspecified atom stereocenters. The Morgan fingerprint density at radius 3 is 2.48 bits per heavy atom. The summed E-state index contributed by atoms with van der Waals surface area (Å²) in [6.07, 6.45) is 3.94. The van der Waals surface area contributed by atoms with Crippen LogP contribution in [0.1, 0.15) is 37.8 Å². The number of benzene rings is 1. The molecule has 1 aromatic rings. The Morgan fingerprint density at radius 1 is 1.28 bits per heavy atom. The second-order valence-corrected chi connectivity index (χ2v) is 6.95. The zero-order chi connectivity index (χ0) is 18.2. The van der Waals surface area contributed by atoms with E-state index in [1.165, 1.54) is 11.1 Å². The predicted octanol–water partition coefficient (Wildman–Crippen LogP) is 2.66. The molecule has 0 aromatic heterocycles. The van der Waals surface area contributed by atoms with E-state index in [0.717, 1.165) is 25.7 Å². The maximum Gasteiger partial charge on any atom is 0.317 e. The van der Waals surface area contributed by atoms with E-state index in [2.05, 4.69) is 43.4 Å². The van der Waals surface area contributed by atoms with Gasteiger partial charge in [-0.15, -0.1) is 0 Å². The van der Waals surface area contributed by atoms with Crippen LogP contribution in [0, 0.1) is 5.92 Å². The van der Waals surface area contributed by atoms with Gasteiger partial charge in [-0.1, -0.05) is 44.5 Å². The van der Waals surface area contributed by atoms with Crippen LogP contribution in [0.2, 0.25) is 0 Å². The molecule has 0 amide bonds. The number of carbonyl (C=O) groups is 1. The van der Waals surface area contributed by atoms with Gasteiger partial charge in [-0.2, -0.15) is 0 Å². The van der Waals surface area contributed by atoms with Gasteiger partial charge in [0.25, 0.3) is 0 Å². The molecule has 5 heteroatoms. The molecule has 0 bridgehead atoms. The minimum Gasteiger partial charge on any atom is -0.480 e. The highest BCUT2D eigenvalue weighted by Crippen LogP contribution is 2.25. The summed E-state index contributed by atoms with van der Waals surface area (Å²) in [6, 6.07) is 8.65. The van der Waals surface area contributed by atoms with E-state index in [-0.39, 0.29) is 30.7 Å². The Bertz CT molecular complexity index is 531. The Kier molecular flexibility index (Phi) is 7.88. The molecular formula is C20H31NO4. The molecule has 1 aliphatic rings. The molecule has 0 spiro atoms. The summed E-state index contributed by atoms with van der Waals surface area (Å²) >= 11 is 0. The van der Waals surface area contributed by atoms with E-state index >= 15 is 0 Å². The smallest absolute Gasteiger partial charge is 0.317 e. The summed E-state index contributed by atoms with van der Waals surface area (Å²) in [5, 5.41) is 12.1. The van der Waals surface area contributed by atoms with Crippen LogP contribution < -0.4 is 5.32 Å². The van der Waals surface area contributed by atoms with Gasteiger partial charge < -0.3 is 14.6 Å². The predicted molar refractivity (Wildman–Crippen MR) is 97.9 cm³/mol. The lowest BCUT2D eigenvalue weighted by molar-refractivity contribution is -0.139. The SMILES string of the molecule is CCCc1ccc(CC[C@@H]2OC[C@@H](C)[C@H](OC)[C@@H]2NCC(=O)O)cc1. The number of carboxylic acid groups (broad SMARTS) is 1. The van der Waals surface area contributed by atoms with Gasteiger partial charge >= 0.3 is 5.97 Å². The Hall–Kier alpha value is -1.43. The zero-order valence-electron chi connectivity index (χ0n) is 15.5. The molecule has 5 nitrogen and oxygen atoms in total. The summed E-state index contributed by atoms with van der Waals surface area (Å²) in [4.78, 5) is 10.9. The van der Waals surface area contributed by atoms with Crippen molar-refractivity contribution in [1.82, 2.24) is 5.32 Å². The normalized spacial score (nSPS) is 26.5. The highest BCUT2D eigenvalue weighted by Gasteiger charge is 2.38. The molecule has 4 atom stereocenters. The Balaban J connectivity index is 1.97. The average molecular weight is 349 g/mol. The number of carboxylic acids is 1. The minimum atomic E-state index is -0.863. The van der Waals surface area contributed by atoms with Crippen LogP contribution in [0.4, 0.5) is 0 Å². The van der Waals surface area contributed by atoms with Crippen LogP contribution in [0.3, 0.4) is 0 Å². The number of hydrogen-bond donors (Lipinski definition) is 2. The highest BCUT2D eigenvalue weighted by atomic mass is 16.5. The number of aliphatic carboxylic acids is 1. The largest absolute Gasteiger partial charge is 0.480 e. The molecule has 1 fully saturated rings. The summed E-state index contributed by atoms with van der Waals surface area (Å²) < 4.78 is 11.7. The van der Waals surface area contributed by atoms with E-state index in [1.54, 1.807) is 7.11 Å². The summed E-state index contributed by atoms with van der Waals surface area (Å²) in [5.74, 6) is -0.626. The van der Waals surface area contributed by atoms with Gasteiger partial charge in [-0.3, -0.25) is 10.1 Å². The van der Waals surface area contributed by atoms with Crippen LogP contribution in [-0.4, -0.2) is 49.6 Å². The number of aryl methyl sites for hydroxylation is 2. The lowest BCUT2D eigenvalue weighted by Gasteiger charge is -2.41. The standard InChI is InChI=1S/C20H31NO4/c1-4-5-15-6-8-16(9-7-15)10-11-17-19(21-12-18(22)23)20(24-3)14(2)13-25-17/h6-9,14,17,19-21H,4-5,10-13H2,1-3H3,(H,22,23)/t14-,17+,19-,20+/m1/s1. The second kappa shape index (κ2) is 9.90. The zero-order valence-corrected chi connectivity index (χ0v) is 15.5. The van der Waals surface area contributed by atoms with Gasteiger partial charge in [-0.05, 0) is 30.4 Å². The summed E-state index contributed by atoms with van der Waals surface area (Å²) in [7, 11) is 1.69. The van der Waals surface area contributed by atoms with Gasteiger partial charge in [0.1, 0.15) is 0 Å². The van der Waals surface area contributed by atoms with Crippen molar-refractivity contribution in [3.8, 4) is 0 Å². The van der Waals surface area contributed by atoms with Crippen molar-refractivity contribution in [3.05, 3.63) is 35.4 Å². The maximum absolute atomic E-state index is 10.9. The molecule has 1 aliphatic heterocycles. The fourth-order valence-corrected chi connectivity index (χ4v) is 3.60. The first-order chi connectivity index (χ1) is 12.0. The van der Waals surface area contributed by atoms with Crippen molar-refractivity contribution in [2.24, 2.45) is 5.92 Å². The summed E-state index contributed by atoms with van der Waals surface area (Å²) in [5.41, 5.74) is 2.66. The molecule has 1 aromatic carbocycles. The molecule has 1 saturated heterocycles. The maximum atomic E-state index is 10.9. The van der Waals surface area contributed by atoms with Gasteiger partial charge in [0.05, 0.1) is 31.4 Å². The van der Waals surface area contributed by atoms with Crippen molar-refractivity contribution in [3.63, 3.8) is 0 Å². The third-order valence-electron chi connectivity index (χ3n) is 4.93. The third kappa shape index (κ3) is 5.80. The van der Waals surface area contributed by atoms with Crippen molar-refractivity contribution in [1.29, 1.82) is 0 Å². The molecule has 25 heavy (non-hydrogen) atoms. The number of nitrogens with one attached hydrogen (secondary N) is 1. The van der Waals surface area contributed by atoms with Crippen LogP contribution in [-0.2, 0) is 27.1 Å². The van der Waals surface area contributed by atoms with E-state index in [4.69, 9.17) is 14.6 Å². The fraction of sp³-hybridized carbons (Fsp3) is 0.650. The molecule has 0 radical (unpaired) electrons. The molecule has 0 saturated carbocycles. The summed E-state index contributed by atoms with van der Waals surface area (Å²) in [6.45, 7) is 4.82. The van der Waals surface area contributed by atoms with E-state index in [9.17, 15) is 4.79 Å². The van der Waals surface area contributed by atoms with E-state index < -0.39 is 5.97 Å². The van der Waals surface area contributed by atoms with Gasteiger partial charge in [0, 0.05) is 13.0 Å². The van der Waals surface area contributed by atoms with Crippen LogP contribution in [0.15, 0.2) is 24.3 Å². The minimum absolute atomic E-state index is 0.0370. The molecular weight excluding hydrogens is 318 g/mol. The van der Waals surface area contributed by atoms with Crippen molar-refractivity contribution in [2.45, 2.75) is 57.8 Å². The number of rotatable bonds is 9. The third-order valence-corrected chi connectivity index (χ3v) is 4.93. The number of methoxy groups -OCH3 is 1. The van der Waals surface area contributed by atoms with Gasteiger partial charge in [-0.25, -0.2) is 0 Å². The number of ether oxygens (including phenoxy) is 2. The van der Waals surface area contributed by atoms with Gasteiger partial charge in [0.2, 0.25) is 0 Å². The monoisotopic (exact) mass is 349 g/mol. The lowest BCUT2D eigenvalue weighted by atomic mass is 9.88. The molecule has 0 aliphatic carbocycles. The first kappa shape index (κ1) is 19.9. The quantitative estimate of drug-likeness (QED) is 0.717. The molecule has 2 rings (SSSR count). The molecule has 140 valence electrons. The van der Waals surface area contributed by atoms with Gasteiger partial charge in [0.15, 0.2) is 0 Å². The Labute approximate surface area is 150 Å². The highest BCUT2D eigenvalue weighted by molar-refractivity contribution is 5.69. The first-order valence-electron chi connectivity index (χ1n) is 9.22. The van der Waals surface area contributed by atoms with Crippen molar-refractivity contribution in [2.75, 3.05) is 20.3 Å². The fourth-order valence-electron chi connectivity index (χ4n) is 3.60. The molecule has 1 heterocycles. The van der Waals surface area contributed by atoms with Crippen molar-refractivity contribution < 1.29 is 19.4 Å².